The smallest absolute Gasteiger partial charge is 0.273 e. The highest BCUT2D eigenvalue weighted by Crippen LogP contribution is 2.29. The van der Waals surface area contributed by atoms with Crippen molar-refractivity contribution < 1.29 is 14.3 Å². The lowest BCUT2D eigenvalue weighted by atomic mass is 9.96. The van der Waals surface area contributed by atoms with E-state index in [-0.39, 0.29) is 35.9 Å². The molecule has 2 saturated heterocycles. The average Bonchev–Trinajstić information content (AvgIpc) is 3.44. The van der Waals surface area contributed by atoms with Gasteiger partial charge in [0.25, 0.3) is 5.56 Å². The Hall–Kier alpha value is -2.53. The number of nitrogens with zero attached hydrogens (tertiary/aromatic N) is 4. The quantitative estimate of drug-likeness (QED) is 0.662. The normalized spacial score (nSPS) is 19.9. The molecule has 1 atom stereocenters. The van der Waals surface area contributed by atoms with Crippen LogP contribution in [0.15, 0.2) is 11.1 Å². The van der Waals surface area contributed by atoms with Crippen molar-refractivity contribution in [1.82, 2.24) is 25.2 Å². The molecule has 4 heterocycles. The van der Waals surface area contributed by atoms with E-state index >= 15 is 0 Å². The van der Waals surface area contributed by atoms with Crippen LogP contribution in [0.3, 0.4) is 0 Å². The van der Waals surface area contributed by atoms with Crippen molar-refractivity contribution >= 4 is 38.6 Å². The molecule has 2 aromatic heterocycles. The van der Waals surface area contributed by atoms with E-state index in [0.29, 0.717) is 30.0 Å². The maximum Gasteiger partial charge on any atom is 0.273 e. The van der Waals surface area contributed by atoms with Gasteiger partial charge < -0.3 is 20.3 Å². The summed E-state index contributed by atoms with van der Waals surface area (Å²) in [5.74, 6) is -0.153. The second-order valence-electron chi connectivity index (χ2n) is 7.64. The Labute approximate surface area is 177 Å². The molecule has 0 saturated carbocycles. The molecule has 0 radical (unpaired) electrons. The summed E-state index contributed by atoms with van der Waals surface area (Å²) in [4.78, 5) is 47.7. The zero-order valence-corrected chi connectivity index (χ0v) is 17.7. The largest absolute Gasteiger partial charge is 0.376 e. The first-order valence-electron chi connectivity index (χ1n) is 10.3. The lowest BCUT2D eigenvalue weighted by Gasteiger charge is -2.30. The van der Waals surface area contributed by atoms with Gasteiger partial charge in [-0.05, 0) is 25.7 Å². The first-order valence-corrected chi connectivity index (χ1v) is 11.1. The van der Waals surface area contributed by atoms with Gasteiger partial charge in [-0.1, -0.05) is 11.3 Å². The van der Waals surface area contributed by atoms with Gasteiger partial charge in [0.15, 0.2) is 10.8 Å². The standard InChI is InChI=1S/C19H26N6O4S/c1-20-17(27)12-4-6-24(7-5-12)19-23-16-15(30-19)18(28)25(11-22-16)10-14(26)21-9-13-3-2-8-29-13/h11-13H,2-10H2,1H3,(H,20,27)(H,21,26)/t13-/m1/s1. The molecule has 0 aliphatic carbocycles. The van der Waals surface area contributed by atoms with E-state index in [4.69, 9.17) is 4.74 Å². The van der Waals surface area contributed by atoms with Gasteiger partial charge in [-0.2, -0.15) is 4.98 Å². The maximum atomic E-state index is 12.8. The van der Waals surface area contributed by atoms with Gasteiger partial charge in [-0.3, -0.25) is 19.0 Å². The lowest BCUT2D eigenvalue weighted by molar-refractivity contribution is -0.125. The Morgan fingerprint density at radius 2 is 2.10 bits per heavy atom. The number of ether oxygens (including phenoxy) is 1. The molecule has 0 bridgehead atoms. The fraction of sp³-hybridized carbons (Fsp3) is 0.632. The Morgan fingerprint density at radius 3 is 2.80 bits per heavy atom. The zero-order chi connectivity index (χ0) is 21.1. The molecule has 30 heavy (non-hydrogen) atoms. The minimum absolute atomic E-state index is 0.0177. The lowest BCUT2D eigenvalue weighted by Crippen LogP contribution is -2.39. The highest BCUT2D eigenvalue weighted by atomic mass is 32.1. The molecule has 2 amide bonds. The SMILES string of the molecule is CNC(=O)C1CCN(c2nc3ncn(CC(=O)NC[C@H]4CCCO4)c(=O)c3s2)CC1. The van der Waals surface area contributed by atoms with Crippen LogP contribution in [0, 0.1) is 5.92 Å². The van der Waals surface area contributed by atoms with Crippen molar-refractivity contribution in [2.45, 2.75) is 38.3 Å². The van der Waals surface area contributed by atoms with Crippen LogP contribution in [0.2, 0.25) is 0 Å². The van der Waals surface area contributed by atoms with Crippen molar-refractivity contribution in [3.05, 3.63) is 16.7 Å². The molecule has 0 spiro atoms. The van der Waals surface area contributed by atoms with E-state index in [1.165, 1.54) is 22.2 Å². The third kappa shape index (κ3) is 4.46. The summed E-state index contributed by atoms with van der Waals surface area (Å²) in [5, 5.41) is 6.25. The topological polar surface area (TPSA) is 118 Å². The number of piperidine rings is 1. The number of thiazole rings is 1. The molecule has 4 rings (SSSR count). The van der Waals surface area contributed by atoms with E-state index in [1.54, 1.807) is 7.05 Å². The maximum absolute atomic E-state index is 12.8. The van der Waals surface area contributed by atoms with Crippen LogP contribution >= 0.6 is 11.3 Å². The first kappa shape index (κ1) is 20.7. The van der Waals surface area contributed by atoms with Crippen LogP contribution in [0.25, 0.3) is 10.3 Å². The zero-order valence-electron chi connectivity index (χ0n) is 16.9. The van der Waals surface area contributed by atoms with Crippen molar-refractivity contribution in [1.29, 1.82) is 0 Å². The third-order valence-corrected chi connectivity index (χ3v) is 6.71. The van der Waals surface area contributed by atoms with Crippen LogP contribution in [0.5, 0.6) is 0 Å². The molecule has 2 aromatic rings. The minimum atomic E-state index is -0.267. The number of carbonyl (C=O) groups excluding carboxylic acids is 2. The van der Waals surface area contributed by atoms with E-state index < -0.39 is 0 Å². The first-order chi connectivity index (χ1) is 14.5. The summed E-state index contributed by atoms with van der Waals surface area (Å²) in [6.07, 6.45) is 4.88. The van der Waals surface area contributed by atoms with Crippen LogP contribution in [0.1, 0.15) is 25.7 Å². The second kappa shape index (κ2) is 9.09. The molecular formula is C19H26N6O4S. The van der Waals surface area contributed by atoms with Crippen molar-refractivity contribution in [3.8, 4) is 0 Å². The number of nitrogens with one attached hydrogen (secondary N) is 2. The Balaban J connectivity index is 1.41. The van der Waals surface area contributed by atoms with E-state index in [0.717, 1.165) is 37.4 Å². The molecule has 0 aromatic carbocycles. The van der Waals surface area contributed by atoms with Gasteiger partial charge in [0, 0.05) is 39.2 Å². The average molecular weight is 435 g/mol. The van der Waals surface area contributed by atoms with Gasteiger partial charge in [-0.25, -0.2) is 4.98 Å². The fourth-order valence-electron chi connectivity index (χ4n) is 3.86. The highest BCUT2D eigenvalue weighted by Gasteiger charge is 2.26. The van der Waals surface area contributed by atoms with Crippen LogP contribution in [-0.4, -0.2) is 65.7 Å². The summed E-state index contributed by atoms with van der Waals surface area (Å²) in [7, 11) is 1.65. The molecule has 11 heteroatoms. The summed E-state index contributed by atoms with van der Waals surface area (Å²) in [6.45, 7) is 2.52. The predicted octanol–water partition coefficient (Wildman–Crippen LogP) is 0.111. The van der Waals surface area contributed by atoms with Crippen molar-refractivity contribution in [2.24, 2.45) is 5.92 Å². The van der Waals surface area contributed by atoms with Crippen molar-refractivity contribution in [3.63, 3.8) is 0 Å². The molecule has 2 aliphatic heterocycles. The second-order valence-corrected chi connectivity index (χ2v) is 8.62. The van der Waals surface area contributed by atoms with Gasteiger partial charge >= 0.3 is 0 Å². The summed E-state index contributed by atoms with van der Waals surface area (Å²) < 4.78 is 7.24. The van der Waals surface area contributed by atoms with Gasteiger partial charge in [0.05, 0.1) is 6.10 Å². The number of fused-ring (bicyclic) bond motifs is 1. The Morgan fingerprint density at radius 1 is 1.30 bits per heavy atom. The van der Waals surface area contributed by atoms with Crippen LogP contribution in [-0.2, 0) is 20.9 Å². The Kier molecular flexibility index (Phi) is 6.28. The summed E-state index contributed by atoms with van der Waals surface area (Å²) >= 11 is 1.29. The number of carbonyl (C=O) groups is 2. The molecule has 2 aliphatic rings. The predicted molar refractivity (Wildman–Crippen MR) is 113 cm³/mol. The van der Waals surface area contributed by atoms with Crippen molar-refractivity contribution in [2.75, 3.05) is 38.2 Å². The minimum Gasteiger partial charge on any atom is -0.376 e. The number of amides is 2. The van der Waals surface area contributed by atoms with Crippen LogP contribution in [0.4, 0.5) is 5.13 Å². The van der Waals surface area contributed by atoms with Crippen LogP contribution < -0.4 is 21.1 Å². The van der Waals surface area contributed by atoms with E-state index in [2.05, 4.69) is 25.5 Å². The number of anilines is 1. The van der Waals surface area contributed by atoms with E-state index in [9.17, 15) is 14.4 Å². The third-order valence-electron chi connectivity index (χ3n) is 5.62. The fourth-order valence-corrected chi connectivity index (χ4v) is 4.88. The molecule has 2 N–H and O–H groups in total. The summed E-state index contributed by atoms with van der Waals surface area (Å²) in [6, 6.07) is 0. The monoisotopic (exact) mass is 434 g/mol. The molecule has 2 fully saturated rings. The number of aromatic nitrogens is 3. The number of hydrogen-bond acceptors (Lipinski definition) is 8. The van der Waals surface area contributed by atoms with Gasteiger partial charge in [-0.15, -0.1) is 0 Å². The highest BCUT2D eigenvalue weighted by molar-refractivity contribution is 7.22. The van der Waals surface area contributed by atoms with Gasteiger partial charge in [0.2, 0.25) is 11.8 Å². The number of rotatable bonds is 6. The number of hydrogen-bond donors (Lipinski definition) is 2. The molecule has 10 nitrogen and oxygen atoms in total. The summed E-state index contributed by atoms with van der Waals surface area (Å²) in [5.41, 5.74) is 0.126. The van der Waals surface area contributed by atoms with Gasteiger partial charge in [0.1, 0.15) is 17.6 Å². The molecule has 162 valence electrons. The Bertz CT molecular complexity index is 975. The molecular weight excluding hydrogens is 408 g/mol. The molecule has 0 unspecified atom stereocenters. The van der Waals surface area contributed by atoms with E-state index in [1.807, 2.05) is 0 Å².